The summed E-state index contributed by atoms with van der Waals surface area (Å²) in [6.07, 6.45) is 2.76. The van der Waals surface area contributed by atoms with Crippen LogP contribution >= 0.6 is 22.9 Å². The van der Waals surface area contributed by atoms with Crippen molar-refractivity contribution in [3.05, 3.63) is 79.2 Å². The van der Waals surface area contributed by atoms with E-state index < -0.39 is 34.6 Å². The number of ether oxygens (including phenoxy) is 2. The highest BCUT2D eigenvalue weighted by atomic mass is 35.5. The van der Waals surface area contributed by atoms with Crippen LogP contribution in [-0.4, -0.2) is 59.0 Å². The van der Waals surface area contributed by atoms with E-state index in [1.165, 1.54) is 17.4 Å². The second-order valence-corrected chi connectivity index (χ2v) is 11.5. The van der Waals surface area contributed by atoms with Gasteiger partial charge in [-0.3, -0.25) is 4.99 Å². The Hall–Kier alpha value is -3.97. The number of nitrogens with zero attached hydrogens (tertiary/aromatic N) is 5. The first kappa shape index (κ1) is 31.5. The molecule has 1 fully saturated rings. The summed E-state index contributed by atoms with van der Waals surface area (Å²) < 4.78 is 39.3. The zero-order valence-electron chi connectivity index (χ0n) is 24.6. The Balaban J connectivity index is 1.52. The number of benzene rings is 1. The maximum absolute atomic E-state index is 14.7. The Kier molecular flexibility index (Phi) is 9.54. The lowest BCUT2D eigenvalue weighted by Gasteiger charge is -2.37. The monoisotopic (exact) mass is 644 g/mol. The van der Waals surface area contributed by atoms with Crippen molar-refractivity contribution in [2.45, 2.75) is 46.6 Å². The van der Waals surface area contributed by atoms with Gasteiger partial charge in [0.2, 0.25) is 5.95 Å². The summed E-state index contributed by atoms with van der Waals surface area (Å²) in [6, 6.07) is 1.23. The molecule has 10 nitrogen and oxygen atoms in total. The van der Waals surface area contributed by atoms with Crippen LogP contribution in [0.25, 0.3) is 0 Å². The van der Waals surface area contributed by atoms with Crippen LogP contribution in [0, 0.1) is 31.4 Å². The van der Waals surface area contributed by atoms with Gasteiger partial charge in [-0.15, -0.1) is 11.3 Å². The molecule has 4 heterocycles. The van der Waals surface area contributed by atoms with Gasteiger partial charge < -0.3 is 19.7 Å². The van der Waals surface area contributed by atoms with Crippen molar-refractivity contribution in [1.29, 1.82) is 0 Å². The van der Waals surface area contributed by atoms with Gasteiger partial charge in [0.05, 0.1) is 23.8 Å². The fraction of sp³-hybridized carbons (Fsp3) is 0.400. The zero-order chi connectivity index (χ0) is 31.5. The molecule has 232 valence electrons. The zero-order valence-corrected chi connectivity index (χ0v) is 26.2. The topological polar surface area (TPSA) is 119 Å². The Morgan fingerprint density at radius 3 is 2.45 bits per heavy atom. The van der Waals surface area contributed by atoms with E-state index in [4.69, 9.17) is 26.1 Å². The lowest BCUT2D eigenvalue weighted by atomic mass is 9.85. The predicted molar refractivity (Wildman–Crippen MR) is 162 cm³/mol. The van der Waals surface area contributed by atoms with Crippen molar-refractivity contribution in [3.8, 4) is 0 Å². The van der Waals surface area contributed by atoms with Gasteiger partial charge in [-0.05, 0) is 46.6 Å². The molecule has 0 bridgehead atoms. The molecule has 1 unspecified atom stereocenters. The fourth-order valence-electron chi connectivity index (χ4n) is 5.27. The SMILES string of the molecule is CCOC(=O)C1=C(C2CCN(c3nc(C)c(C)c(C(=O)OCC)n3)CC2)NC(c2nccs2)=NC1c1ccc(F)c(F)c1Cl. The number of hydrogen-bond donors (Lipinski definition) is 1. The molecule has 1 aromatic carbocycles. The highest BCUT2D eigenvalue weighted by Gasteiger charge is 2.38. The molecule has 2 aliphatic rings. The van der Waals surface area contributed by atoms with Gasteiger partial charge in [0.15, 0.2) is 28.2 Å². The smallest absolute Gasteiger partial charge is 0.357 e. The van der Waals surface area contributed by atoms with E-state index >= 15 is 0 Å². The van der Waals surface area contributed by atoms with Gasteiger partial charge in [0.25, 0.3) is 0 Å². The molecule has 2 aromatic heterocycles. The van der Waals surface area contributed by atoms with Crippen molar-refractivity contribution >= 4 is 46.7 Å². The number of allylic oxidation sites excluding steroid dienone is 1. The first-order valence-electron chi connectivity index (χ1n) is 14.2. The molecule has 0 radical (unpaired) electrons. The van der Waals surface area contributed by atoms with Crippen molar-refractivity contribution in [2.24, 2.45) is 10.9 Å². The Morgan fingerprint density at radius 2 is 1.80 bits per heavy atom. The minimum absolute atomic E-state index is 0.0995. The number of esters is 2. The predicted octanol–water partition coefficient (Wildman–Crippen LogP) is 5.48. The summed E-state index contributed by atoms with van der Waals surface area (Å²) in [5.41, 5.74) is 2.43. The first-order valence-corrected chi connectivity index (χ1v) is 15.5. The lowest BCUT2D eigenvalue weighted by molar-refractivity contribution is -0.139. The maximum atomic E-state index is 14.7. The number of aromatic nitrogens is 3. The highest BCUT2D eigenvalue weighted by Crippen LogP contribution is 2.41. The van der Waals surface area contributed by atoms with Crippen molar-refractivity contribution in [3.63, 3.8) is 0 Å². The fourth-order valence-corrected chi connectivity index (χ4v) is 6.11. The number of anilines is 1. The van der Waals surface area contributed by atoms with Crippen LogP contribution < -0.4 is 10.2 Å². The minimum Gasteiger partial charge on any atom is -0.463 e. The van der Waals surface area contributed by atoms with Crippen LogP contribution in [0.1, 0.15) is 65.0 Å². The van der Waals surface area contributed by atoms with Crippen LogP contribution in [0.5, 0.6) is 0 Å². The van der Waals surface area contributed by atoms with Gasteiger partial charge in [-0.1, -0.05) is 17.7 Å². The molecule has 1 saturated heterocycles. The Bertz CT molecular complexity index is 1640. The average molecular weight is 645 g/mol. The number of aryl methyl sites for hydroxylation is 1. The molecular weight excluding hydrogens is 614 g/mol. The molecule has 0 amide bonds. The molecule has 5 rings (SSSR count). The summed E-state index contributed by atoms with van der Waals surface area (Å²) >= 11 is 7.64. The van der Waals surface area contributed by atoms with Crippen LogP contribution in [-0.2, 0) is 14.3 Å². The van der Waals surface area contributed by atoms with Gasteiger partial charge in [0, 0.05) is 53.1 Å². The molecule has 0 spiro atoms. The van der Waals surface area contributed by atoms with E-state index in [1.54, 1.807) is 32.3 Å². The third kappa shape index (κ3) is 6.16. The van der Waals surface area contributed by atoms with Gasteiger partial charge in [-0.2, -0.15) is 0 Å². The molecular formula is C30H31ClF2N6O4S. The number of carbonyl (C=O) groups is 2. The molecule has 1 N–H and O–H groups in total. The quantitative estimate of drug-likeness (QED) is 0.251. The summed E-state index contributed by atoms with van der Waals surface area (Å²) in [6.45, 7) is 8.38. The third-order valence-corrected chi connectivity index (χ3v) is 8.76. The number of rotatable bonds is 8. The molecule has 44 heavy (non-hydrogen) atoms. The second-order valence-electron chi connectivity index (χ2n) is 10.2. The van der Waals surface area contributed by atoms with E-state index in [0.29, 0.717) is 59.7 Å². The van der Waals surface area contributed by atoms with E-state index in [2.05, 4.69) is 20.3 Å². The first-order chi connectivity index (χ1) is 21.1. The van der Waals surface area contributed by atoms with Crippen molar-refractivity contribution < 1.29 is 27.8 Å². The molecule has 3 aromatic rings. The summed E-state index contributed by atoms with van der Waals surface area (Å²) in [7, 11) is 0. The maximum Gasteiger partial charge on any atom is 0.357 e. The molecule has 1 atom stereocenters. The summed E-state index contributed by atoms with van der Waals surface area (Å²) in [5, 5.41) is 5.21. The van der Waals surface area contributed by atoms with Gasteiger partial charge >= 0.3 is 11.9 Å². The number of aliphatic imine (C=N–C) groups is 1. The number of halogens is 3. The van der Waals surface area contributed by atoms with E-state index in [-0.39, 0.29) is 36.0 Å². The third-order valence-electron chi connectivity index (χ3n) is 7.60. The van der Waals surface area contributed by atoms with E-state index in [1.807, 2.05) is 11.8 Å². The Labute approximate surface area is 262 Å². The summed E-state index contributed by atoms with van der Waals surface area (Å²) in [4.78, 5) is 46.3. The second kappa shape index (κ2) is 13.3. The van der Waals surface area contributed by atoms with Gasteiger partial charge in [0.1, 0.15) is 6.04 Å². The summed E-state index contributed by atoms with van der Waals surface area (Å²) in [5.74, 6) is -2.85. The highest BCUT2D eigenvalue weighted by molar-refractivity contribution is 7.11. The van der Waals surface area contributed by atoms with E-state index in [9.17, 15) is 18.4 Å². The standard InChI is InChI=1S/C30H31ClF2N6O4S/c1-5-42-28(40)20-24(17-9-12-39(13-10-17)30-35-16(4)15(3)23(38-30)29(41)43-6-2)36-26(27-34-11-14-44-27)37-25(20)18-7-8-19(32)22(33)21(18)31/h7-8,11,14,17,25H,5-6,9-10,12-13H2,1-4H3,(H,36,37). The van der Waals surface area contributed by atoms with Crippen molar-refractivity contribution in [2.75, 3.05) is 31.2 Å². The molecule has 0 saturated carbocycles. The van der Waals surface area contributed by atoms with E-state index in [0.717, 1.165) is 6.07 Å². The van der Waals surface area contributed by atoms with Crippen LogP contribution in [0.2, 0.25) is 5.02 Å². The number of thiazole rings is 1. The van der Waals surface area contributed by atoms with Crippen molar-refractivity contribution in [1.82, 2.24) is 20.3 Å². The van der Waals surface area contributed by atoms with Crippen LogP contribution in [0.3, 0.4) is 0 Å². The number of amidine groups is 1. The molecule has 2 aliphatic heterocycles. The largest absolute Gasteiger partial charge is 0.463 e. The normalized spacial score (nSPS) is 17.3. The van der Waals surface area contributed by atoms with Gasteiger partial charge in [-0.25, -0.2) is 33.3 Å². The Morgan fingerprint density at radius 1 is 1.09 bits per heavy atom. The number of piperidine rings is 1. The van der Waals surface area contributed by atoms with Crippen LogP contribution in [0.4, 0.5) is 14.7 Å². The van der Waals surface area contributed by atoms with Crippen LogP contribution in [0.15, 0.2) is 40.0 Å². The number of nitrogens with one attached hydrogen (secondary N) is 1. The average Bonchev–Trinajstić information content (AvgIpc) is 3.56. The number of hydrogen-bond acceptors (Lipinski definition) is 11. The minimum atomic E-state index is -1.22. The lowest BCUT2D eigenvalue weighted by Crippen LogP contribution is -2.42. The molecule has 14 heteroatoms. The number of carbonyl (C=O) groups excluding carboxylic acids is 2. The molecule has 0 aliphatic carbocycles.